The summed E-state index contributed by atoms with van der Waals surface area (Å²) in [4.78, 5) is 42.1. The fourth-order valence-electron chi connectivity index (χ4n) is 8.22. The van der Waals surface area contributed by atoms with Gasteiger partial charge in [0.25, 0.3) is 0 Å². The van der Waals surface area contributed by atoms with Gasteiger partial charge in [-0.25, -0.2) is 27.2 Å². The van der Waals surface area contributed by atoms with E-state index in [0.29, 0.717) is 44.1 Å². The number of nitrogens with zero attached hydrogens (tertiary/aromatic N) is 1. The van der Waals surface area contributed by atoms with Crippen LogP contribution in [0.2, 0.25) is 0 Å². The molecule has 14 heteroatoms. The molecule has 3 fully saturated rings. The average Bonchev–Trinajstić information content (AvgIpc) is 3.57. The minimum Gasteiger partial charge on any atom is -0.453 e. The molecular weight excluding hydrogens is 736 g/mol. The van der Waals surface area contributed by atoms with E-state index in [4.69, 9.17) is 23.7 Å². The van der Waals surface area contributed by atoms with Crippen LogP contribution in [0.4, 0.5) is 27.2 Å². The number of hydrogen-bond donors (Lipinski definition) is 1. The first-order valence-electron chi connectivity index (χ1n) is 18.9. The van der Waals surface area contributed by atoms with E-state index in [1.165, 1.54) is 24.3 Å². The number of ether oxygens (including phenoxy) is 5. The van der Waals surface area contributed by atoms with E-state index in [0.717, 1.165) is 37.8 Å². The van der Waals surface area contributed by atoms with Crippen molar-refractivity contribution in [2.24, 2.45) is 0 Å². The van der Waals surface area contributed by atoms with Crippen LogP contribution in [0.3, 0.4) is 0 Å². The van der Waals surface area contributed by atoms with Crippen molar-refractivity contribution in [3.63, 3.8) is 0 Å². The highest BCUT2D eigenvalue weighted by Crippen LogP contribution is 2.45. The van der Waals surface area contributed by atoms with E-state index < -0.39 is 82.7 Å². The fourth-order valence-corrected chi connectivity index (χ4v) is 8.22. The largest absolute Gasteiger partial charge is 0.453 e. The third-order valence-corrected chi connectivity index (χ3v) is 10.5. The molecule has 0 aromatic heterocycles. The molecule has 1 unspecified atom stereocenters. The van der Waals surface area contributed by atoms with Gasteiger partial charge in [-0.1, -0.05) is 24.3 Å². The van der Waals surface area contributed by atoms with Crippen LogP contribution in [0, 0.1) is 23.3 Å². The minimum atomic E-state index is -1.48. The zero-order valence-corrected chi connectivity index (χ0v) is 32.0. The second-order valence-electron chi connectivity index (χ2n) is 15.8. The molecule has 3 aromatic carbocycles. The number of Topliss-reactive ketones (excluding diaryl/α,β-unsaturated/α-hetero) is 1. The first-order valence-corrected chi connectivity index (χ1v) is 18.9. The topological polar surface area (TPSA) is 113 Å². The van der Waals surface area contributed by atoms with Gasteiger partial charge in [0.2, 0.25) is 0 Å². The number of ketones is 1. The highest BCUT2D eigenvalue weighted by molar-refractivity contribution is 5.91. The predicted octanol–water partition coefficient (Wildman–Crippen LogP) is 7.54. The normalized spacial score (nSPS) is 21.8. The van der Waals surface area contributed by atoms with Gasteiger partial charge in [0, 0.05) is 31.2 Å². The molecule has 6 rings (SSSR count). The van der Waals surface area contributed by atoms with Gasteiger partial charge in [-0.3, -0.25) is 4.79 Å². The van der Waals surface area contributed by atoms with Crippen LogP contribution in [-0.2, 0) is 41.3 Å². The molecule has 2 spiro atoms. The lowest BCUT2D eigenvalue weighted by Gasteiger charge is -2.51. The highest BCUT2D eigenvalue weighted by atomic mass is 19.1. The van der Waals surface area contributed by atoms with E-state index in [9.17, 15) is 27.6 Å². The van der Waals surface area contributed by atoms with E-state index >= 15 is 4.39 Å². The van der Waals surface area contributed by atoms with Crippen LogP contribution in [0.15, 0.2) is 60.7 Å². The van der Waals surface area contributed by atoms with Crippen molar-refractivity contribution >= 4 is 18.0 Å². The Kier molecular flexibility index (Phi) is 12.4. The number of hydrogen-bond acceptors (Lipinski definition) is 8. The summed E-state index contributed by atoms with van der Waals surface area (Å²) in [6, 6.07) is 10.5. The molecule has 3 aliphatic rings. The van der Waals surface area contributed by atoms with Crippen LogP contribution >= 0.6 is 0 Å². The smallest absolute Gasteiger partial charge is 0.410 e. The number of rotatable bonds is 10. The molecule has 2 heterocycles. The van der Waals surface area contributed by atoms with Crippen LogP contribution < -0.4 is 5.32 Å². The van der Waals surface area contributed by atoms with Gasteiger partial charge in [0.15, 0.2) is 11.6 Å². The summed E-state index contributed by atoms with van der Waals surface area (Å²) >= 11 is 0. The van der Waals surface area contributed by atoms with Crippen molar-refractivity contribution in [1.82, 2.24) is 10.2 Å². The monoisotopic (exact) mass is 784 g/mol. The number of amides is 2. The molecule has 2 amide bonds. The molecule has 302 valence electrons. The SMILES string of the molecule is COC(=O)N[C@H](C(=O)Cc1cccc(F)c1CC[C@@H]1CN(C(=O)OC(C)(C)C)CC2(CCCC3(C2)OCCO3)O1)[C@@H](c1ccc(F)cc1)c1cc(F)cc(F)c1. The average molecular weight is 785 g/mol. The third kappa shape index (κ3) is 9.88. The van der Waals surface area contributed by atoms with E-state index in [-0.39, 0.29) is 42.6 Å². The molecule has 1 aliphatic carbocycles. The molecule has 3 aromatic rings. The number of carbonyl (C=O) groups is 3. The Balaban J connectivity index is 1.28. The van der Waals surface area contributed by atoms with Crippen molar-refractivity contribution in [3.8, 4) is 0 Å². The maximum Gasteiger partial charge on any atom is 0.410 e. The summed E-state index contributed by atoms with van der Waals surface area (Å²) in [5.41, 5.74) is -0.719. The van der Waals surface area contributed by atoms with Crippen LogP contribution in [0.1, 0.15) is 81.0 Å². The third-order valence-electron chi connectivity index (χ3n) is 10.5. The molecule has 1 saturated carbocycles. The zero-order chi connectivity index (χ0) is 40.3. The van der Waals surface area contributed by atoms with Crippen molar-refractivity contribution in [3.05, 3.63) is 106 Å². The summed E-state index contributed by atoms with van der Waals surface area (Å²) in [6.07, 6.45) is 0.453. The second kappa shape index (κ2) is 16.9. The van der Waals surface area contributed by atoms with Crippen LogP contribution in [0.25, 0.3) is 0 Å². The molecule has 2 saturated heterocycles. The Morgan fingerprint density at radius 2 is 1.62 bits per heavy atom. The number of halogens is 4. The summed E-state index contributed by atoms with van der Waals surface area (Å²) in [5.74, 6) is -5.64. The van der Waals surface area contributed by atoms with E-state index in [1.807, 2.05) is 0 Å². The lowest BCUT2D eigenvalue weighted by molar-refractivity contribution is -0.254. The summed E-state index contributed by atoms with van der Waals surface area (Å²) in [7, 11) is 1.10. The van der Waals surface area contributed by atoms with Crippen LogP contribution in [-0.4, -0.2) is 85.4 Å². The molecule has 0 radical (unpaired) electrons. The maximum absolute atomic E-state index is 15.8. The standard InChI is InChI=1S/C42H48F4N2O8/c1-40(2,3)56-39(51)48-23-32(55-41(25-48)15-6-16-42(24-41)53-17-18-54-42)13-14-33-27(7-5-8-34(33)46)21-35(49)37(47-38(50)52-4)36(26-9-11-29(43)12-10-26)28-19-30(44)22-31(45)20-28/h5,7-12,19-20,22,32,36-37H,6,13-18,21,23-25H2,1-4H3,(H,47,50)/t32-,36+,37-,41?/m1/s1. The fraction of sp³-hybridized carbons (Fsp3) is 0.500. The van der Waals surface area contributed by atoms with Gasteiger partial charge in [-0.05, 0) is 99.0 Å². The Hall–Kier alpha value is -4.53. The van der Waals surface area contributed by atoms with E-state index in [1.54, 1.807) is 31.7 Å². The van der Waals surface area contributed by atoms with Gasteiger partial charge >= 0.3 is 12.2 Å². The lowest BCUT2D eigenvalue weighted by Crippen LogP contribution is -2.61. The molecule has 4 atom stereocenters. The van der Waals surface area contributed by atoms with Crippen molar-refractivity contribution in [2.45, 2.75) is 101 Å². The minimum absolute atomic E-state index is 0.000795. The Bertz CT molecular complexity index is 1880. The van der Waals surface area contributed by atoms with Gasteiger partial charge in [-0.15, -0.1) is 0 Å². The molecular formula is C42H48F4N2O8. The maximum atomic E-state index is 15.8. The van der Waals surface area contributed by atoms with Gasteiger partial charge in [0.05, 0.1) is 45.1 Å². The quantitative estimate of drug-likeness (QED) is 0.210. The van der Waals surface area contributed by atoms with Gasteiger partial charge < -0.3 is 33.9 Å². The zero-order valence-electron chi connectivity index (χ0n) is 32.0. The van der Waals surface area contributed by atoms with Gasteiger partial charge in [-0.2, -0.15) is 0 Å². The second-order valence-corrected chi connectivity index (χ2v) is 15.8. The van der Waals surface area contributed by atoms with Crippen molar-refractivity contribution in [1.29, 1.82) is 0 Å². The number of alkyl carbamates (subject to hydrolysis) is 1. The van der Waals surface area contributed by atoms with E-state index in [2.05, 4.69) is 5.32 Å². The number of nitrogens with one attached hydrogen (secondary N) is 1. The van der Waals surface area contributed by atoms with Crippen molar-refractivity contribution in [2.75, 3.05) is 33.4 Å². The number of benzene rings is 3. The summed E-state index contributed by atoms with van der Waals surface area (Å²) in [5, 5.41) is 2.51. The molecule has 1 N–H and O–H groups in total. The molecule has 0 bridgehead atoms. The Morgan fingerprint density at radius 1 is 0.929 bits per heavy atom. The van der Waals surface area contributed by atoms with Gasteiger partial charge in [0.1, 0.15) is 34.9 Å². The number of methoxy groups -OCH3 is 1. The first kappa shape index (κ1) is 41.1. The summed E-state index contributed by atoms with van der Waals surface area (Å²) < 4.78 is 88.5. The highest BCUT2D eigenvalue weighted by Gasteiger charge is 2.53. The Morgan fingerprint density at radius 3 is 2.29 bits per heavy atom. The molecule has 56 heavy (non-hydrogen) atoms. The number of morpholine rings is 1. The Labute approximate surface area is 323 Å². The van der Waals surface area contributed by atoms with Crippen molar-refractivity contribution < 1.29 is 55.6 Å². The predicted molar refractivity (Wildman–Crippen MR) is 196 cm³/mol. The molecule has 10 nitrogen and oxygen atoms in total. The lowest BCUT2D eigenvalue weighted by atomic mass is 9.79. The first-order chi connectivity index (χ1) is 26.6. The number of carbonyl (C=O) groups excluding carboxylic acids is 3. The van der Waals surface area contributed by atoms with Crippen LogP contribution in [0.5, 0.6) is 0 Å². The summed E-state index contributed by atoms with van der Waals surface area (Å²) in [6.45, 7) is 6.75. The molecule has 2 aliphatic heterocycles.